The molecule has 0 aliphatic rings. The number of nitrogens with one attached hydrogen (secondary N) is 1. The van der Waals surface area contributed by atoms with Gasteiger partial charge in [-0.25, -0.2) is 9.89 Å². The Morgan fingerprint density at radius 2 is 2.29 bits per heavy atom. The Balaban J connectivity index is 1.74. The van der Waals surface area contributed by atoms with Gasteiger partial charge in [0.15, 0.2) is 5.16 Å². The highest BCUT2D eigenvalue weighted by molar-refractivity contribution is 7.99. The zero-order valence-electron chi connectivity index (χ0n) is 11.6. The van der Waals surface area contributed by atoms with E-state index < -0.39 is 0 Å². The number of hydrogen-bond acceptors (Lipinski definition) is 5. The maximum Gasteiger partial charge on any atom is 0.343 e. The van der Waals surface area contributed by atoms with Crippen LogP contribution < -0.4 is 11.4 Å². The molecule has 21 heavy (non-hydrogen) atoms. The van der Waals surface area contributed by atoms with Crippen LogP contribution >= 0.6 is 11.8 Å². The smallest absolute Gasteiger partial charge is 0.343 e. The Labute approximate surface area is 125 Å². The Hall–Kier alpha value is -1.99. The van der Waals surface area contributed by atoms with E-state index in [1.807, 2.05) is 37.3 Å². The van der Waals surface area contributed by atoms with E-state index in [-0.39, 0.29) is 11.7 Å². The average Bonchev–Trinajstić information content (AvgIpc) is 3.07. The van der Waals surface area contributed by atoms with Crippen molar-refractivity contribution in [2.24, 2.45) is 5.73 Å². The number of aromatic amines is 1. The molecule has 3 rings (SSSR count). The molecule has 110 valence electrons. The minimum atomic E-state index is -0.250. The van der Waals surface area contributed by atoms with E-state index in [1.165, 1.54) is 11.8 Å². The van der Waals surface area contributed by atoms with Gasteiger partial charge < -0.3 is 10.2 Å². The molecule has 1 unspecified atom stereocenters. The van der Waals surface area contributed by atoms with Crippen LogP contribution in [0.2, 0.25) is 0 Å². The first kappa shape index (κ1) is 14.0. The normalized spacial score (nSPS) is 12.9. The van der Waals surface area contributed by atoms with Crippen molar-refractivity contribution in [1.29, 1.82) is 0 Å². The molecular weight excluding hydrogens is 288 g/mol. The number of furan rings is 1. The van der Waals surface area contributed by atoms with Gasteiger partial charge in [-0.05, 0) is 19.1 Å². The highest BCUT2D eigenvalue weighted by atomic mass is 32.2. The van der Waals surface area contributed by atoms with Crippen molar-refractivity contribution in [1.82, 2.24) is 14.8 Å². The summed E-state index contributed by atoms with van der Waals surface area (Å²) in [5.74, 6) is 1.33. The standard InChI is InChI=1S/C14H16N4O2S/c1-2-18-13(19)16-17-14(18)21-8-10(15)12-7-9-5-3-4-6-11(9)20-12/h3-7,10H,2,8,15H2,1H3,(H,16,19). The Morgan fingerprint density at radius 3 is 3.05 bits per heavy atom. The molecule has 0 saturated heterocycles. The van der Waals surface area contributed by atoms with Crippen LogP contribution in [-0.2, 0) is 6.54 Å². The third-order valence-electron chi connectivity index (χ3n) is 3.24. The summed E-state index contributed by atoms with van der Waals surface area (Å²) in [5, 5.41) is 8.13. The molecule has 2 heterocycles. The van der Waals surface area contributed by atoms with Crippen molar-refractivity contribution in [2.75, 3.05) is 5.75 Å². The molecular formula is C14H16N4O2S. The summed E-state index contributed by atoms with van der Waals surface area (Å²) in [6.45, 7) is 2.48. The quantitative estimate of drug-likeness (QED) is 0.705. The average molecular weight is 304 g/mol. The fourth-order valence-electron chi connectivity index (χ4n) is 2.12. The summed E-state index contributed by atoms with van der Waals surface area (Å²) >= 11 is 1.44. The number of nitrogens with two attached hydrogens (primary N) is 1. The lowest BCUT2D eigenvalue weighted by molar-refractivity contribution is 0.515. The van der Waals surface area contributed by atoms with Crippen molar-refractivity contribution >= 4 is 22.7 Å². The number of aromatic nitrogens is 3. The Morgan fingerprint density at radius 1 is 1.48 bits per heavy atom. The molecule has 3 aromatic rings. The van der Waals surface area contributed by atoms with Gasteiger partial charge in [-0.15, -0.1) is 5.10 Å². The lowest BCUT2D eigenvalue weighted by Gasteiger charge is -2.07. The largest absolute Gasteiger partial charge is 0.459 e. The summed E-state index contributed by atoms with van der Waals surface area (Å²) < 4.78 is 7.32. The van der Waals surface area contributed by atoms with Gasteiger partial charge in [0.05, 0.1) is 6.04 Å². The Bertz CT molecular complexity index is 772. The van der Waals surface area contributed by atoms with E-state index in [0.29, 0.717) is 17.5 Å². The summed E-state index contributed by atoms with van der Waals surface area (Å²) in [5.41, 5.74) is 6.80. The first-order valence-electron chi connectivity index (χ1n) is 6.71. The maximum atomic E-state index is 11.5. The molecule has 0 aliphatic carbocycles. The van der Waals surface area contributed by atoms with Gasteiger partial charge in [0.2, 0.25) is 0 Å². The monoisotopic (exact) mass is 304 g/mol. The fourth-order valence-corrected chi connectivity index (χ4v) is 3.09. The zero-order chi connectivity index (χ0) is 14.8. The minimum Gasteiger partial charge on any atom is -0.459 e. The van der Waals surface area contributed by atoms with E-state index >= 15 is 0 Å². The lowest BCUT2D eigenvalue weighted by Crippen LogP contribution is -2.17. The third kappa shape index (κ3) is 2.74. The zero-order valence-corrected chi connectivity index (χ0v) is 12.4. The molecule has 6 nitrogen and oxygen atoms in total. The number of rotatable bonds is 5. The third-order valence-corrected chi connectivity index (χ3v) is 4.34. The number of benzene rings is 1. The topological polar surface area (TPSA) is 89.8 Å². The lowest BCUT2D eigenvalue weighted by atomic mass is 10.2. The number of hydrogen-bond donors (Lipinski definition) is 2. The second-order valence-corrected chi connectivity index (χ2v) is 5.65. The van der Waals surface area contributed by atoms with Gasteiger partial charge >= 0.3 is 5.69 Å². The Kier molecular flexibility index (Phi) is 3.85. The van der Waals surface area contributed by atoms with Crippen LogP contribution in [0.5, 0.6) is 0 Å². The highest BCUT2D eigenvalue weighted by Gasteiger charge is 2.15. The van der Waals surface area contributed by atoms with Crippen molar-refractivity contribution in [3.63, 3.8) is 0 Å². The molecule has 1 aromatic carbocycles. The first-order valence-corrected chi connectivity index (χ1v) is 7.69. The summed E-state index contributed by atoms with van der Waals surface area (Å²) in [4.78, 5) is 11.5. The van der Waals surface area contributed by atoms with Crippen LogP contribution in [-0.4, -0.2) is 20.5 Å². The molecule has 0 bridgehead atoms. The van der Waals surface area contributed by atoms with Crippen molar-refractivity contribution in [3.05, 3.63) is 46.6 Å². The first-order chi connectivity index (χ1) is 10.2. The van der Waals surface area contributed by atoms with Crippen LogP contribution in [0.15, 0.2) is 44.7 Å². The molecule has 7 heteroatoms. The van der Waals surface area contributed by atoms with Crippen LogP contribution in [0.4, 0.5) is 0 Å². The molecule has 0 amide bonds. The van der Waals surface area contributed by atoms with Crippen LogP contribution in [0.3, 0.4) is 0 Å². The predicted octanol–water partition coefficient (Wildman–Crippen LogP) is 2.13. The second kappa shape index (κ2) is 5.79. The highest BCUT2D eigenvalue weighted by Crippen LogP contribution is 2.26. The SMILES string of the molecule is CCn1c(SCC(N)c2cc3ccccc3o2)n[nH]c1=O. The number of nitrogens with zero attached hydrogens (tertiary/aromatic N) is 2. The summed E-state index contributed by atoms with van der Waals surface area (Å²) in [6.07, 6.45) is 0. The molecule has 0 fully saturated rings. The van der Waals surface area contributed by atoms with Crippen LogP contribution in [0, 0.1) is 0 Å². The minimum absolute atomic E-state index is 0.197. The maximum absolute atomic E-state index is 11.5. The van der Waals surface area contributed by atoms with Crippen molar-refractivity contribution in [2.45, 2.75) is 24.7 Å². The molecule has 0 aliphatic heterocycles. The van der Waals surface area contributed by atoms with Crippen LogP contribution in [0.1, 0.15) is 18.7 Å². The predicted molar refractivity (Wildman–Crippen MR) is 82.4 cm³/mol. The summed E-state index contributed by atoms with van der Waals surface area (Å²) in [6, 6.07) is 9.51. The van der Waals surface area contributed by atoms with Crippen molar-refractivity contribution in [3.8, 4) is 0 Å². The van der Waals surface area contributed by atoms with E-state index in [0.717, 1.165) is 16.7 Å². The number of para-hydroxylation sites is 1. The molecule has 3 N–H and O–H groups in total. The van der Waals surface area contributed by atoms with Crippen molar-refractivity contribution < 1.29 is 4.42 Å². The van der Waals surface area contributed by atoms with Gasteiger partial charge in [0.1, 0.15) is 11.3 Å². The molecule has 1 atom stereocenters. The molecule has 0 spiro atoms. The van der Waals surface area contributed by atoms with E-state index in [2.05, 4.69) is 10.2 Å². The van der Waals surface area contributed by atoms with Gasteiger partial charge in [0, 0.05) is 17.7 Å². The van der Waals surface area contributed by atoms with Gasteiger partial charge in [-0.3, -0.25) is 4.57 Å². The van der Waals surface area contributed by atoms with Gasteiger partial charge in [-0.1, -0.05) is 30.0 Å². The van der Waals surface area contributed by atoms with E-state index in [9.17, 15) is 4.79 Å². The number of fused-ring (bicyclic) bond motifs is 1. The van der Waals surface area contributed by atoms with E-state index in [4.69, 9.17) is 10.2 Å². The van der Waals surface area contributed by atoms with Gasteiger partial charge in [-0.2, -0.15) is 0 Å². The molecule has 0 radical (unpaired) electrons. The van der Waals surface area contributed by atoms with Crippen LogP contribution in [0.25, 0.3) is 11.0 Å². The molecule has 2 aromatic heterocycles. The molecule has 0 saturated carbocycles. The number of H-pyrrole nitrogens is 1. The fraction of sp³-hybridized carbons (Fsp3) is 0.286. The van der Waals surface area contributed by atoms with Gasteiger partial charge in [0.25, 0.3) is 0 Å². The van der Waals surface area contributed by atoms with E-state index in [1.54, 1.807) is 4.57 Å². The summed E-state index contributed by atoms with van der Waals surface area (Å²) in [7, 11) is 0. The number of thioether (sulfide) groups is 1. The second-order valence-electron chi connectivity index (χ2n) is 4.66.